The van der Waals surface area contributed by atoms with E-state index in [2.05, 4.69) is 39.9 Å². The van der Waals surface area contributed by atoms with Crippen LogP contribution in [0.1, 0.15) is 60.3 Å². The summed E-state index contributed by atoms with van der Waals surface area (Å²) in [6, 6.07) is 0.518. The first-order chi connectivity index (χ1) is 7.71. The molecule has 0 saturated heterocycles. The average Bonchev–Trinajstić information content (AvgIpc) is 2.28. The summed E-state index contributed by atoms with van der Waals surface area (Å²) in [6.45, 7) is 13.1. The minimum atomic E-state index is 0.373. The molecule has 0 aliphatic carbocycles. The third-order valence-electron chi connectivity index (χ3n) is 3.17. The number of rotatable bonds is 10. The zero-order chi connectivity index (χ0) is 12.4. The Bertz CT molecular complexity index is 150. The first kappa shape index (κ1) is 15.9. The van der Waals surface area contributed by atoms with Gasteiger partial charge in [-0.3, -0.25) is 0 Å². The molecule has 16 heavy (non-hydrogen) atoms. The topological polar surface area (TPSA) is 21.3 Å². The van der Waals surface area contributed by atoms with Crippen LogP contribution < -0.4 is 5.32 Å². The van der Waals surface area contributed by atoms with E-state index >= 15 is 0 Å². The van der Waals surface area contributed by atoms with Gasteiger partial charge in [-0.1, -0.05) is 34.1 Å². The Morgan fingerprint density at radius 3 is 2.19 bits per heavy atom. The minimum Gasteiger partial charge on any atom is -0.377 e. The Morgan fingerprint density at radius 1 is 1.06 bits per heavy atom. The van der Waals surface area contributed by atoms with Crippen LogP contribution >= 0.6 is 0 Å². The van der Waals surface area contributed by atoms with Gasteiger partial charge in [0.25, 0.3) is 0 Å². The highest BCUT2D eigenvalue weighted by Crippen LogP contribution is 2.18. The van der Waals surface area contributed by atoms with Gasteiger partial charge >= 0.3 is 0 Å². The molecule has 0 bridgehead atoms. The highest BCUT2D eigenvalue weighted by atomic mass is 16.5. The Kier molecular flexibility index (Phi) is 10.0. The van der Waals surface area contributed by atoms with Crippen LogP contribution in [-0.2, 0) is 4.74 Å². The third kappa shape index (κ3) is 5.86. The van der Waals surface area contributed by atoms with Crippen LogP contribution in [0, 0.1) is 5.92 Å². The fourth-order valence-electron chi connectivity index (χ4n) is 2.33. The molecule has 0 aromatic rings. The summed E-state index contributed by atoms with van der Waals surface area (Å²) in [5.74, 6) is 0.702. The lowest BCUT2D eigenvalue weighted by atomic mass is 9.91. The van der Waals surface area contributed by atoms with Crippen LogP contribution in [0.2, 0.25) is 0 Å². The van der Waals surface area contributed by atoms with Gasteiger partial charge in [-0.2, -0.15) is 0 Å². The highest BCUT2D eigenvalue weighted by molar-refractivity contribution is 4.81. The van der Waals surface area contributed by atoms with Crippen molar-refractivity contribution in [3.8, 4) is 0 Å². The molecule has 1 N–H and O–H groups in total. The molecule has 98 valence electrons. The monoisotopic (exact) mass is 229 g/mol. The molecule has 0 aromatic carbocycles. The summed E-state index contributed by atoms with van der Waals surface area (Å²) >= 11 is 0. The standard InChI is InChI=1S/C14H31NO/c1-6-10-12(5)14(15-11-7-2)13(8-3)16-9-4/h12-15H,6-11H2,1-5H3. The molecule has 2 heteroatoms. The lowest BCUT2D eigenvalue weighted by Crippen LogP contribution is -2.46. The molecule has 2 nitrogen and oxygen atoms in total. The highest BCUT2D eigenvalue weighted by Gasteiger charge is 2.24. The molecule has 0 saturated carbocycles. The molecule has 3 unspecified atom stereocenters. The number of hydrogen-bond donors (Lipinski definition) is 1. The predicted molar refractivity (Wildman–Crippen MR) is 71.9 cm³/mol. The first-order valence-electron chi connectivity index (χ1n) is 7.06. The molecule has 0 radical (unpaired) electrons. The molecular formula is C14H31NO. The molecule has 0 aromatic heterocycles. The summed E-state index contributed by atoms with van der Waals surface area (Å²) in [4.78, 5) is 0. The maximum atomic E-state index is 5.86. The van der Waals surface area contributed by atoms with Crippen molar-refractivity contribution in [2.24, 2.45) is 5.92 Å². The van der Waals surface area contributed by atoms with Crippen molar-refractivity contribution in [2.45, 2.75) is 72.4 Å². The number of nitrogens with one attached hydrogen (secondary N) is 1. The Hall–Kier alpha value is -0.0800. The summed E-state index contributed by atoms with van der Waals surface area (Å²) in [5.41, 5.74) is 0. The van der Waals surface area contributed by atoms with Gasteiger partial charge in [-0.25, -0.2) is 0 Å². The van der Waals surface area contributed by atoms with Crippen molar-refractivity contribution in [2.75, 3.05) is 13.2 Å². The molecule has 0 aliphatic rings. The van der Waals surface area contributed by atoms with E-state index in [1.807, 2.05) is 0 Å². The van der Waals surface area contributed by atoms with E-state index < -0.39 is 0 Å². The summed E-state index contributed by atoms with van der Waals surface area (Å²) in [7, 11) is 0. The minimum absolute atomic E-state index is 0.373. The fraction of sp³-hybridized carbons (Fsp3) is 1.00. The molecule has 3 atom stereocenters. The van der Waals surface area contributed by atoms with Gasteiger partial charge in [0.2, 0.25) is 0 Å². The Balaban J connectivity index is 4.34. The third-order valence-corrected chi connectivity index (χ3v) is 3.17. The van der Waals surface area contributed by atoms with E-state index in [9.17, 15) is 0 Å². The van der Waals surface area contributed by atoms with Crippen LogP contribution in [0.4, 0.5) is 0 Å². The lowest BCUT2D eigenvalue weighted by Gasteiger charge is -2.32. The van der Waals surface area contributed by atoms with Crippen molar-refractivity contribution in [1.82, 2.24) is 5.32 Å². The second-order valence-corrected chi connectivity index (χ2v) is 4.65. The first-order valence-corrected chi connectivity index (χ1v) is 7.06. The van der Waals surface area contributed by atoms with Crippen molar-refractivity contribution in [3.05, 3.63) is 0 Å². The second kappa shape index (κ2) is 10.1. The molecular weight excluding hydrogens is 198 g/mol. The van der Waals surface area contributed by atoms with Crippen LogP contribution in [0.5, 0.6) is 0 Å². The summed E-state index contributed by atoms with van der Waals surface area (Å²) in [6.07, 6.45) is 5.21. The lowest BCUT2D eigenvalue weighted by molar-refractivity contribution is 0.0161. The molecule has 0 aliphatic heterocycles. The molecule has 0 fully saturated rings. The second-order valence-electron chi connectivity index (χ2n) is 4.65. The average molecular weight is 229 g/mol. The van der Waals surface area contributed by atoms with E-state index in [4.69, 9.17) is 4.74 Å². The molecule has 0 spiro atoms. The predicted octanol–water partition coefficient (Wildman–Crippen LogP) is 3.61. The van der Waals surface area contributed by atoms with Gasteiger partial charge in [-0.05, 0) is 38.6 Å². The molecule has 0 heterocycles. The van der Waals surface area contributed by atoms with Crippen molar-refractivity contribution < 1.29 is 4.74 Å². The van der Waals surface area contributed by atoms with Gasteiger partial charge in [0.05, 0.1) is 6.10 Å². The van der Waals surface area contributed by atoms with Crippen LogP contribution in [0.25, 0.3) is 0 Å². The Morgan fingerprint density at radius 2 is 1.75 bits per heavy atom. The largest absolute Gasteiger partial charge is 0.377 e. The molecule has 0 rings (SSSR count). The van der Waals surface area contributed by atoms with E-state index in [0.29, 0.717) is 18.1 Å². The van der Waals surface area contributed by atoms with Gasteiger partial charge in [-0.15, -0.1) is 0 Å². The maximum Gasteiger partial charge on any atom is 0.0727 e. The van der Waals surface area contributed by atoms with Gasteiger partial charge in [0.1, 0.15) is 0 Å². The van der Waals surface area contributed by atoms with Crippen LogP contribution in [0.15, 0.2) is 0 Å². The van der Waals surface area contributed by atoms with Crippen LogP contribution in [0.3, 0.4) is 0 Å². The van der Waals surface area contributed by atoms with E-state index in [-0.39, 0.29) is 0 Å². The van der Waals surface area contributed by atoms with Gasteiger partial charge < -0.3 is 10.1 Å². The van der Waals surface area contributed by atoms with E-state index in [0.717, 1.165) is 19.6 Å². The van der Waals surface area contributed by atoms with Gasteiger partial charge in [0.15, 0.2) is 0 Å². The number of hydrogen-bond acceptors (Lipinski definition) is 2. The SMILES string of the molecule is CCCNC(C(C)CCC)C(CC)OCC. The smallest absolute Gasteiger partial charge is 0.0727 e. The quantitative estimate of drug-likeness (QED) is 0.618. The Labute approximate surface area is 102 Å². The van der Waals surface area contributed by atoms with Crippen molar-refractivity contribution in [3.63, 3.8) is 0 Å². The number of ether oxygens (including phenoxy) is 1. The van der Waals surface area contributed by atoms with E-state index in [1.54, 1.807) is 0 Å². The van der Waals surface area contributed by atoms with Gasteiger partial charge in [0, 0.05) is 12.6 Å². The van der Waals surface area contributed by atoms with Crippen molar-refractivity contribution in [1.29, 1.82) is 0 Å². The molecule has 0 amide bonds. The fourth-order valence-corrected chi connectivity index (χ4v) is 2.33. The van der Waals surface area contributed by atoms with Crippen molar-refractivity contribution >= 4 is 0 Å². The normalized spacial score (nSPS) is 17.1. The van der Waals surface area contributed by atoms with Crippen LogP contribution in [-0.4, -0.2) is 25.3 Å². The zero-order valence-corrected chi connectivity index (χ0v) is 11.9. The summed E-state index contributed by atoms with van der Waals surface area (Å²) < 4.78 is 5.86. The van der Waals surface area contributed by atoms with E-state index in [1.165, 1.54) is 19.3 Å². The zero-order valence-electron chi connectivity index (χ0n) is 11.9. The summed E-state index contributed by atoms with van der Waals surface area (Å²) in [5, 5.41) is 3.66. The maximum absolute atomic E-state index is 5.86.